The van der Waals surface area contributed by atoms with Gasteiger partial charge in [0.25, 0.3) is 0 Å². The van der Waals surface area contributed by atoms with E-state index in [1.807, 2.05) is 0 Å². The van der Waals surface area contributed by atoms with Crippen LogP contribution in [0.3, 0.4) is 0 Å². The van der Waals surface area contributed by atoms with Gasteiger partial charge >= 0.3 is 0 Å². The Labute approximate surface area is 153 Å². The highest BCUT2D eigenvalue weighted by Crippen LogP contribution is 2.66. The lowest BCUT2D eigenvalue weighted by Gasteiger charge is -2.63. The van der Waals surface area contributed by atoms with Crippen molar-refractivity contribution in [1.82, 2.24) is 0 Å². The molecule has 0 aromatic carbocycles. The molecule has 3 rings (SSSR count). The zero-order valence-electron chi connectivity index (χ0n) is 15.0. The summed E-state index contributed by atoms with van der Waals surface area (Å²) in [5.41, 5.74) is 2.09. The molecule has 0 aromatic rings. The summed E-state index contributed by atoms with van der Waals surface area (Å²) >= 11 is 9.26. The van der Waals surface area contributed by atoms with Crippen LogP contribution in [-0.2, 0) is 0 Å². The van der Waals surface area contributed by atoms with Crippen molar-refractivity contribution < 1.29 is 5.11 Å². The molecule has 5 atom stereocenters. The van der Waals surface area contributed by atoms with Crippen LogP contribution in [0.4, 0.5) is 0 Å². The third-order valence-corrected chi connectivity index (χ3v) is 8.92. The number of hydrogen-bond acceptors (Lipinski definition) is 3. The quantitative estimate of drug-likeness (QED) is 0.462. The Morgan fingerprint density at radius 2 is 1.87 bits per heavy atom. The van der Waals surface area contributed by atoms with Gasteiger partial charge in [-0.05, 0) is 66.9 Å². The molecule has 23 heavy (non-hydrogen) atoms. The Bertz CT molecular complexity index is 486. The second-order valence-corrected chi connectivity index (χ2v) is 9.99. The standard InChI is InChI=1S/C20H34OS2/c1-18(2)8-4-9-19(3)15(18)7-10-20(13-23)16(19)6-5-14(12-22)11-17(20)21/h5,15-17,21-23H,4,6-13H2,1-3H3. The van der Waals surface area contributed by atoms with Crippen LogP contribution in [0.15, 0.2) is 11.6 Å². The molecule has 0 spiro atoms. The molecule has 0 saturated heterocycles. The van der Waals surface area contributed by atoms with Gasteiger partial charge in [-0.25, -0.2) is 0 Å². The van der Waals surface area contributed by atoms with Crippen LogP contribution >= 0.6 is 25.3 Å². The summed E-state index contributed by atoms with van der Waals surface area (Å²) in [6, 6.07) is 0. The minimum atomic E-state index is -0.256. The van der Waals surface area contributed by atoms with E-state index in [0.29, 0.717) is 16.7 Å². The molecule has 0 aromatic heterocycles. The number of aliphatic hydroxyl groups excluding tert-OH is 1. The molecular formula is C20H34OS2. The summed E-state index contributed by atoms with van der Waals surface area (Å²) < 4.78 is 0. The maximum atomic E-state index is 11.1. The fourth-order valence-electron chi connectivity index (χ4n) is 6.69. The molecule has 0 aliphatic heterocycles. The van der Waals surface area contributed by atoms with Crippen LogP contribution in [0.25, 0.3) is 0 Å². The van der Waals surface area contributed by atoms with Crippen molar-refractivity contribution in [3.63, 3.8) is 0 Å². The maximum Gasteiger partial charge on any atom is 0.0644 e. The molecule has 3 aliphatic carbocycles. The number of aliphatic hydroxyl groups is 1. The Balaban J connectivity index is 2.04. The van der Waals surface area contributed by atoms with Crippen molar-refractivity contribution in [2.45, 2.75) is 71.8 Å². The minimum absolute atomic E-state index is 0.0109. The van der Waals surface area contributed by atoms with Crippen LogP contribution in [0.2, 0.25) is 0 Å². The SMILES string of the molecule is CC1(C)CCCC2(C)C1CCC1(CS)C(O)CC(CS)=CCC21. The first-order chi connectivity index (χ1) is 10.8. The normalized spacial score (nSPS) is 46.3. The highest BCUT2D eigenvalue weighted by Gasteiger charge is 2.61. The van der Waals surface area contributed by atoms with E-state index >= 15 is 0 Å². The Morgan fingerprint density at radius 1 is 1.13 bits per heavy atom. The van der Waals surface area contributed by atoms with E-state index in [0.717, 1.165) is 36.7 Å². The molecule has 0 heterocycles. The monoisotopic (exact) mass is 354 g/mol. The van der Waals surface area contributed by atoms with Crippen molar-refractivity contribution in [1.29, 1.82) is 0 Å². The number of hydrogen-bond donors (Lipinski definition) is 3. The lowest BCUT2D eigenvalue weighted by atomic mass is 9.42. The van der Waals surface area contributed by atoms with Crippen molar-refractivity contribution in [3.05, 3.63) is 11.6 Å². The van der Waals surface area contributed by atoms with E-state index in [-0.39, 0.29) is 11.5 Å². The molecule has 0 amide bonds. The van der Waals surface area contributed by atoms with Gasteiger partial charge in [0.05, 0.1) is 6.10 Å². The van der Waals surface area contributed by atoms with E-state index in [1.165, 1.54) is 31.3 Å². The van der Waals surface area contributed by atoms with Crippen molar-refractivity contribution in [3.8, 4) is 0 Å². The van der Waals surface area contributed by atoms with Gasteiger partial charge in [-0.3, -0.25) is 0 Å². The van der Waals surface area contributed by atoms with Crippen LogP contribution in [-0.4, -0.2) is 22.7 Å². The zero-order valence-corrected chi connectivity index (χ0v) is 16.8. The molecule has 132 valence electrons. The third kappa shape index (κ3) is 2.73. The fraction of sp³-hybridized carbons (Fsp3) is 0.900. The smallest absolute Gasteiger partial charge is 0.0644 e. The fourth-order valence-corrected chi connectivity index (χ4v) is 7.54. The molecule has 3 aliphatic rings. The molecule has 1 nitrogen and oxygen atoms in total. The highest BCUT2D eigenvalue weighted by molar-refractivity contribution is 7.80. The predicted octanol–water partition coefficient (Wildman–Crippen LogP) is 5.16. The lowest BCUT2D eigenvalue weighted by Crippen LogP contribution is -2.59. The van der Waals surface area contributed by atoms with E-state index in [2.05, 4.69) is 39.5 Å². The maximum absolute atomic E-state index is 11.1. The van der Waals surface area contributed by atoms with Gasteiger partial charge in [-0.15, -0.1) is 0 Å². The number of allylic oxidation sites excluding steroid dienone is 1. The second kappa shape index (κ2) is 6.29. The Kier molecular flexibility index (Phi) is 4.97. The van der Waals surface area contributed by atoms with E-state index in [1.54, 1.807) is 0 Å². The van der Waals surface area contributed by atoms with Crippen LogP contribution in [0.5, 0.6) is 0 Å². The van der Waals surface area contributed by atoms with Gasteiger partial charge in [0.1, 0.15) is 0 Å². The van der Waals surface area contributed by atoms with Crippen molar-refractivity contribution in [2.24, 2.45) is 28.1 Å². The van der Waals surface area contributed by atoms with Gasteiger partial charge in [0.2, 0.25) is 0 Å². The van der Waals surface area contributed by atoms with Gasteiger partial charge in [-0.1, -0.05) is 38.8 Å². The average Bonchev–Trinajstić information content (AvgIpc) is 2.64. The molecule has 2 saturated carbocycles. The molecule has 0 radical (unpaired) electrons. The summed E-state index contributed by atoms with van der Waals surface area (Å²) in [7, 11) is 0. The third-order valence-electron chi connectivity index (χ3n) is 7.92. The Hall–Kier alpha value is 0.400. The molecule has 0 bridgehead atoms. The van der Waals surface area contributed by atoms with E-state index in [4.69, 9.17) is 12.6 Å². The van der Waals surface area contributed by atoms with Gasteiger partial charge in [-0.2, -0.15) is 25.3 Å². The zero-order chi connectivity index (χ0) is 16.9. The molecule has 2 fully saturated rings. The first kappa shape index (κ1) is 18.2. The largest absolute Gasteiger partial charge is 0.392 e. The molecule has 3 heteroatoms. The van der Waals surface area contributed by atoms with E-state index < -0.39 is 0 Å². The summed E-state index contributed by atoms with van der Waals surface area (Å²) in [5, 5.41) is 11.1. The number of fused-ring (bicyclic) bond motifs is 3. The second-order valence-electron chi connectivity index (χ2n) is 9.36. The Morgan fingerprint density at radius 3 is 2.52 bits per heavy atom. The van der Waals surface area contributed by atoms with E-state index in [9.17, 15) is 5.11 Å². The average molecular weight is 355 g/mol. The van der Waals surface area contributed by atoms with Gasteiger partial charge in [0.15, 0.2) is 0 Å². The first-order valence-electron chi connectivity index (χ1n) is 9.38. The van der Waals surface area contributed by atoms with Gasteiger partial charge < -0.3 is 5.11 Å². The van der Waals surface area contributed by atoms with Gasteiger partial charge in [0, 0.05) is 11.2 Å². The molecular weight excluding hydrogens is 320 g/mol. The predicted molar refractivity (Wildman–Crippen MR) is 105 cm³/mol. The summed E-state index contributed by atoms with van der Waals surface area (Å²) in [6.45, 7) is 7.49. The van der Waals surface area contributed by atoms with Crippen molar-refractivity contribution in [2.75, 3.05) is 11.5 Å². The van der Waals surface area contributed by atoms with Crippen molar-refractivity contribution >= 4 is 25.3 Å². The minimum Gasteiger partial charge on any atom is -0.392 e. The molecule has 5 unspecified atom stereocenters. The van der Waals surface area contributed by atoms with Crippen LogP contribution in [0, 0.1) is 28.1 Å². The molecule has 1 N–H and O–H groups in total. The van der Waals surface area contributed by atoms with Crippen LogP contribution in [0.1, 0.15) is 65.7 Å². The first-order valence-corrected chi connectivity index (χ1v) is 10.6. The number of rotatable bonds is 2. The summed E-state index contributed by atoms with van der Waals surface area (Å²) in [5.74, 6) is 2.92. The van der Waals surface area contributed by atoms with Crippen LogP contribution < -0.4 is 0 Å². The topological polar surface area (TPSA) is 20.2 Å². The number of thiol groups is 2. The highest BCUT2D eigenvalue weighted by atomic mass is 32.1. The lowest BCUT2D eigenvalue weighted by molar-refractivity contribution is -0.157. The summed E-state index contributed by atoms with van der Waals surface area (Å²) in [6.07, 6.45) is 10.5. The summed E-state index contributed by atoms with van der Waals surface area (Å²) in [4.78, 5) is 0.